The van der Waals surface area contributed by atoms with Gasteiger partial charge in [-0.05, 0) is 32.3 Å². The van der Waals surface area contributed by atoms with Gasteiger partial charge in [-0.1, -0.05) is 146 Å². The van der Waals surface area contributed by atoms with Gasteiger partial charge in [-0.3, -0.25) is 0 Å². The third-order valence-corrected chi connectivity index (χ3v) is 11.8. The predicted molar refractivity (Wildman–Crippen MR) is 159 cm³/mol. The Morgan fingerprint density at radius 2 is 0.711 bits per heavy atom. The van der Waals surface area contributed by atoms with Gasteiger partial charge in [-0.25, -0.2) is 4.98 Å². The first kappa shape index (κ1) is 24.0. The maximum atomic E-state index is 6.34. The minimum Gasteiger partial charge on any atom is -0.208 e. The summed E-state index contributed by atoms with van der Waals surface area (Å²) in [6, 6.07) is 51.1. The lowest BCUT2D eigenvalue weighted by atomic mass is 10.2. The summed E-state index contributed by atoms with van der Waals surface area (Å²) in [6.45, 7) is 0. The fraction of sp³-hybridized carbons (Fsp3) is 0. The zero-order chi connectivity index (χ0) is 25.8. The Morgan fingerprint density at radius 1 is 0.368 bits per heavy atom. The lowest BCUT2D eigenvalue weighted by Crippen LogP contribution is -2.74. The summed E-state index contributed by atoms with van der Waals surface area (Å²) in [5, 5.41) is 5.46. The third-order valence-electron chi connectivity index (χ3n) is 6.84. The van der Waals surface area contributed by atoms with Crippen molar-refractivity contribution in [1.29, 1.82) is 0 Å². The Balaban J connectivity index is 1.53. The van der Waals surface area contributed by atoms with E-state index >= 15 is 0 Å². The van der Waals surface area contributed by atoms with Crippen molar-refractivity contribution in [3.8, 4) is 22.8 Å². The first-order valence-corrected chi connectivity index (χ1v) is 14.9. The van der Waals surface area contributed by atoms with Crippen molar-refractivity contribution < 1.29 is 0 Å². The Kier molecular flexibility index (Phi) is 6.65. The zero-order valence-corrected chi connectivity index (χ0v) is 22.3. The number of rotatable bonds is 6. The normalized spacial score (nSPS) is 11.3. The van der Waals surface area contributed by atoms with E-state index in [0.717, 1.165) is 11.1 Å². The smallest absolute Gasteiger partial charge is 0.208 e. The molecule has 0 saturated carbocycles. The molecule has 0 unspecified atom stereocenters. The summed E-state index contributed by atoms with van der Waals surface area (Å²) in [5.41, 5.74) is 1.80. The Morgan fingerprint density at radius 3 is 1.13 bits per heavy atom. The highest BCUT2D eigenvalue weighted by Crippen LogP contribution is 2.22. The molecule has 0 radical (unpaired) electrons. The summed E-state index contributed by atoms with van der Waals surface area (Å²) in [5.74, 6) is 1.12. The molecule has 5 aromatic carbocycles. The van der Waals surface area contributed by atoms with Gasteiger partial charge in [0, 0.05) is 11.1 Å². The predicted octanol–water partition coefficient (Wildman–Crippen LogP) is 5.24. The highest BCUT2D eigenvalue weighted by atomic mass is 35.5. The van der Waals surface area contributed by atoms with Gasteiger partial charge in [0.2, 0.25) is 5.28 Å². The summed E-state index contributed by atoms with van der Waals surface area (Å²) in [7, 11) is -2.58. The van der Waals surface area contributed by atoms with Gasteiger partial charge >= 0.3 is 0 Å². The SMILES string of the molecule is Clc1nc(-c2ccccc2)nc(-c2ccc([Si](c3ccccc3)(c3ccccc3)c3ccccc3)cc2)n1. The van der Waals surface area contributed by atoms with Crippen molar-refractivity contribution in [2.24, 2.45) is 0 Å². The fourth-order valence-electron chi connectivity index (χ4n) is 5.13. The highest BCUT2D eigenvalue weighted by molar-refractivity contribution is 7.19. The molecule has 38 heavy (non-hydrogen) atoms. The third kappa shape index (κ3) is 4.45. The van der Waals surface area contributed by atoms with Crippen molar-refractivity contribution in [1.82, 2.24) is 15.0 Å². The molecule has 0 bridgehead atoms. The van der Waals surface area contributed by atoms with Gasteiger partial charge in [0.15, 0.2) is 19.7 Å². The van der Waals surface area contributed by atoms with Crippen LogP contribution in [0, 0.1) is 0 Å². The molecule has 5 heteroatoms. The van der Waals surface area contributed by atoms with Crippen LogP contribution in [0.15, 0.2) is 146 Å². The van der Waals surface area contributed by atoms with Gasteiger partial charge in [-0.2, -0.15) is 9.97 Å². The minimum atomic E-state index is -2.58. The molecule has 6 aromatic rings. The monoisotopic (exact) mass is 525 g/mol. The number of halogens is 1. The summed E-state index contributed by atoms with van der Waals surface area (Å²) in [6.07, 6.45) is 0. The highest BCUT2D eigenvalue weighted by Gasteiger charge is 2.41. The van der Waals surface area contributed by atoms with Crippen molar-refractivity contribution in [3.63, 3.8) is 0 Å². The van der Waals surface area contributed by atoms with Crippen molar-refractivity contribution in [2.45, 2.75) is 0 Å². The topological polar surface area (TPSA) is 38.7 Å². The average Bonchev–Trinajstić information content (AvgIpc) is 3.00. The number of aromatic nitrogens is 3. The standard InChI is InChI=1S/C33H24ClN3Si/c34-33-36-31(25-13-5-1-6-14-25)35-32(37-33)26-21-23-30(24-22-26)38(27-15-7-2-8-16-27,28-17-9-3-10-18-28)29-19-11-4-12-20-29/h1-24H. The number of hydrogen-bond donors (Lipinski definition) is 0. The summed E-state index contributed by atoms with van der Waals surface area (Å²) in [4.78, 5) is 13.6. The molecule has 0 aliphatic heterocycles. The van der Waals surface area contributed by atoms with Crippen LogP contribution in [0.2, 0.25) is 5.28 Å². The lowest BCUT2D eigenvalue weighted by molar-refractivity contribution is 1.07. The molecule has 0 amide bonds. The average molecular weight is 526 g/mol. The molecule has 0 atom stereocenters. The Bertz CT molecular complexity index is 1550. The minimum absolute atomic E-state index is 0.180. The van der Waals surface area contributed by atoms with Crippen molar-refractivity contribution in [3.05, 3.63) is 151 Å². The molecule has 0 aliphatic carbocycles. The van der Waals surface area contributed by atoms with Crippen LogP contribution in [0.3, 0.4) is 0 Å². The number of hydrogen-bond acceptors (Lipinski definition) is 3. The molecule has 0 aliphatic rings. The number of nitrogens with zero attached hydrogens (tertiary/aromatic N) is 3. The van der Waals surface area contributed by atoms with Crippen LogP contribution < -0.4 is 20.7 Å². The van der Waals surface area contributed by atoms with E-state index in [0.29, 0.717) is 11.6 Å². The van der Waals surface area contributed by atoms with Crippen molar-refractivity contribution in [2.75, 3.05) is 0 Å². The van der Waals surface area contributed by atoms with Gasteiger partial charge in [0.05, 0.1) is 0 Å². The second-order valence-electron chi connectivity index (χ2n) is 9.04. The van der Waals surface area contributed by atoms with Crippen LogP contribution in [-0.2, 0) is 0 Å². The quantitative estimate of drug-likeness (QED) is 0.220. The second-order valence-corrected chi connectivity index (χ2v) is 13.2. The van der Waals surface area contributed by atoms with E-state index in [-0.39, 0.29) is 5.28 Å². The van der Waals surface area contributed by atoms with Crippen LogP contribution in [0.25, 0.3) is 22.8 Å². The van der Waals surface area contributed by atoms with E-state index in [9.17, 15) is 0 Å². The molecule has 0 N–H and O–H groups in total. The van der Waals surface area contributed by atoms with Crippen molar-refractivity contribution >= 4 is 40.4 Å². The zero-order valence-electron chi connectivity index (χ0n) is 20.6. The summed E-state index contributed by atoms with van der Waals surface area (Å²) < 4.78 is 0. The van der Waals surface area contributed by atoms with E-state index in [1.54, 1.807) is 0 Å². The van der Waals surface area contributed by atoms with Gasteiger partial charge in [0.25, 0.3) is 0 Å². The molecular formula is C33H24ClN3Si. The largest absolute Gasteiger partial charge is 0.226 e. The van der Waals surface area contributed by atoms with Gasteiger partial charge in [0.1, 0.15) is 0 Å². The first-order valence-electron chi connectivity index (χ1n) is 12.5. The molecule has 0 fully saturated rings. The molecular weight excluding hydrogens is 502 g/mol. The van der Waals surface area contributed by atoms with E-state index in [1.165, 1.54) is 20.7 Å². The summed E-state index contributed by atoms with van der Waals surface area (Å²) >= 11 is 6.34. The van der Waals surface area contributed by atoms with Crippen LogP contribution in [0.1, 0.15) is 0 Å². The molecule has 1 heterocycles. The van der Waals surface area contributed by atoms with Crippen LogP contribution in [-0.4, -0.2) is 23.0 Å². The van der Waals surface area contributed by atoms with E-state index in [2.05, 4.69) is 125 Å². The van der Waals surface area contributed by atoms with E-state index in [1.807, 2.05) is 30.3 Å². The molecule has 1 aromatic heterocycles. The van der Waals surface area contributed by atoms with Crippen LogP contribution in [0.4, 0.5) is 0 Å². The fourth-order valence-corrected chi connectivity index (χ4v) is 10.0. The Labute approximate surface area is 228 Å². The molecule has 6 rings (SSSR count). The number of benzene rings is 5. The first-order chi connectivity index (χ1) is 18.7. The molecule has 0 spiro atoms. The van der Waals surface area contributed by atoms with E-state index in [4.69, 9.17) is 16.6 Å². The van der Waals surface area contributed by atoms with Gasteiger partial charge < -0.3 is 0 Å². The maximum Gasteiger partial charge on any atom is 0.226 e. The lowest BCUT2D eigenvalue weighted by Gasteiger charge is -2.34. The second kappa shape index (κ2) is 10.5. The van der Waals surface area contributed by atoms with E-state index < -0.39 is 8.07 Å². The maximum absolute atomic E-state index is 6.34. The van der Waals surface area contributed by atoms with Gasteiger partial charge in [-0.15, -0.1) is 0 Å². The molecule has 3 nitrogen and oxygen atoms in total. The van der Waals surface area contributed by atoms with Crippen LogP contribution >= 0.6 is 11.6 Å². The Hall–Kier alpha value is -4.38. The molecule has 182 valence electrons. The van der Waals surface area contributed by atoms with Crippen LogP contribution in [0.5, 0.6) is 0 Å². The molecule has 0 saturated heterocycles.